The van der Waals surface area contributed by atoms with Gasteiger partial charge in [0.2, 0.25) is 0 Å². The van der Waals surface area contributed by atoms with E-state index in [1.54, 1.807) is 0 Å². The lowest BCUT2D eigenvalue weighted by molar-refractivity contribution is 0.180. The first kappa shape index (κ1) is 14.0. The largest absolute Gasteiger partial charge is 0.490 e. The third kappa shape index (κ3) is 5.20. The maximum atomic E-state index is 8.95. The van der Waals surface area contributed by atoms with Crippen LogP contribution in [-0.4, -0.2) is 17.8 Å². The van der Waals surface area contributed by atoms with Gasteiger partial charge in [-0.2, -0.15) is 0 Å². The first-order chi connectivity index (χ1) is 8.30. The van der Waals surface area contributed by atoms with Crippen LogP contribution in [0.4, 0.5) is 0 Å². The molecule has 0 saturated carbocycles. The van der Waals surface area contributed by atoms with Crippen molar-refractivity contribution in [1.82, 2.24) is 0 Å². The van der Waals surface area contributed by atoms with Gasteiger partial charge in [-0.1, -0.05) is 31.9 Å². The molecule has 3 nitrogen and oxygen atoms in total. The summed E-state index contributed by atoms with van der Waals surface area (Å²) in [6.07, 6.45) is 4.49. The van der Waals surface area contributed by atoms with E-state index in [2.05, 4.69) is 6.92 Å². The summed E-state index contributed by atoms with van der Waals surface area (Å²) in [7, 11) is 0. The third-order valence-electron chi connectivity index (χ3n) is 2.78. The average molecular weight is 237 g/mol. The number of unbranched alkanes of at least 4 members (excludes halogenated alkanes) is 1. The topological polar surface area (TPSA) is 55.5 Å². The van der Waals surface area contributed by atoms with Crippen molar-refractivity contribution < 1.29 is 9.84 Å². The normalized spacial score (nSPS) is 12.4. The van der Waals surface area contributed by atoms with E-state index in [0.29, 0.717) is 6.54 Å². The van der Waals surface area contributed by atoms with Crippen LogP contribution in [0, 0.1) is 0 Å². The molecule has 1 rings (SSSR count). The molecule has 0 fully saturated rings. The zero-order valence-corrected chi connectivity index (χ0v) is 10.6. The Morgan fingerprint density at radius 1 is 1.24 bits per heavy atom. The van der Waals surface area contributed by atoms with Gasteiger partial charge >= 0.3 is 0 Å². The van der Waals surface area contributed by atoms with Gasteiger partial charge in [-0.05, 0) is 37.1 Å². The summed E-state index contributed by atoms with van der Waals surface area (Å²) in [6, 6.07) is 7.57. The number of rotatable bonds is 8. The lowest BCUT2D eigenvalue weighted by Crippen LogP contribution is -2.20. The maximum absolute atomic E-state index is 8.95. The van der Waals surface area contributed by atoms with E-state index in [-0.39, 0.29) is 12.7 Å². The number of benzene rings is 1. The van der Waals surface area contributed by atoms with E-state index in [1.165, 1.54) is 12.8 Å². The van der Waals surface area contributed by atoms with Crippen molar-refractivity contribution in [1.29, 1.82) is 0 Å². The summed E-state index contributed by atoms with van der Waals surface area (Å²) in [5.41, 5.74) is 6.49. The highest BCUT2D eigenvalue weighted by Crippen LogP contribution is 2.17. The van der Waals surface area contributed by atoms with Crippen molar-refractivity contribution in [2.45, 2.75) is 45.3 Å². The van der Waals surface area contributed by atoms with Gasteiger partial charge in [-0.25, -0.2) is 0 Å². The fourth-order valence-corrected chi connectivity index (χ4v) is 1.75. The lowest BCUT2D eigenvalue weighted by Gasteiger charge is -2.18. The highest BCUT2D eigenvalue weighted by Gasteiger charge is 2.08. The van der Waals surface area contributed by atoms with Gasteiger partial charge in [0.1, 0.15) is 5.75 Å². The van der Waals surface area contributed by atoms with Crippen LogP contribution in [0.3, 0.4) is 0 Å². The van der Waals surface area contributed by atoms with Crippen LogP contribution in [0.15, 0.2) is 24.3 Å². The number of hydrogen-bond donors (Lipinski definition) is 2. The Kier molecular flexibility index (Phi) is 6.67. The van der Waals surface area contributed by atoms with Crippen LogP contribution in [0.25, 0.3) is 0 Å². The molecule has 0 radical (unpaired) electrons. The molecule has 96 valence electrons. The minimum atomic E-state index is 0.0718. The van der Waals surface area contributed by atoms with Crippen LogP contribution in [0.2, 0.25) is 0 Å². The number of aliphatic hydroxyl groups excluding tert-OH is 1. The predicted molar refractivity (Wildman–Crippen MR) is 70.0 cm³/mol. The Labute approximate surface area is 104 Å². The molecule has 0 aromatic heterocycles. The van der Waals surface area contributed by atoms with Gasteiger partial charge in [0.25, 0.3) is 0 Å². The lowest BCUT2D eigenvalue weighted by atomic mass is 10.1. The van der Waals surface area contributed by atoms with Gasteiger partial charge in [0.05, 0.1) is 12.7 Å². The molecule has 0 heterocycles. The van der Waals surface area contributed by atoms with Crippen molar-refractivity contribution in [3.63, 3.8) is 0 Å². The third-order valence-corrected chi connectivity index (χ3v) is 2.78. The molecule has 3 heteroatoms. The summed E-state index contributed by atoms with van der Waals surface area (Å²) >= 11 is 0. The van der Waals surface area contributed by atoms with Crippen molar-refractivity contribution in [2.75, 3.05) is 6.54 Å². The van der Waals surface area contributed by atoms with Crippen molar-refractivity contribution in [3.05, 3.63) is 29.8 Å². The van der Waals surface area contributed by atoms with Gasteiger partial charge in [-0.15, -0.1) is 0 Å². The molecule has 1 aromatic carbocycles. The summed E-state index contributed by atoms with van der Waals surface area (Å²) < 4.78 is 5.89. The SMILES string of the molecule is CCCCC(CCN)Oc1ccc(CO)cc1. The molecule has 1 atom stereocenters. The standard InChI is InChI=1S/C14H23NO2/c1-2-3-4-13(9-10-15)17-14-7-5-12(11-16)6-8-14/h5-8,13,16H,2-4,9-11,15H2,1H3. The second kappa shape index (κ2) is 8.09. The summed E-state index contributed by atoms with van der Waals surface area (Å²) in [5.74, 6) is 0.858. The molecule has 0 aliphatic heterocycles. The van der Waals surface area contributed by atoms with Crippen LogP contribution < -0.4 is 10.5 Å². The van der Waals surface area contributed by atoms with Gasteiger partial charge in [-0.3, -0.25) is 0 Å². The van der Waals surface area contributed by atoms with E-state index in [4.69, 9.17) is 15.6 Å². The van der Waals surface area contributed by atoms with Crippen LogP contribution in [0.1, 0.15) is 38.2 Å². The molecule has 0 aliphatic carbocycles. The Hall–Kier alpha value is -1.06. The highest BCUT2D eigenvalue weighted by atomic mass is 16.5. The van der Waals surface area contributed by atoms with Crippen molar-refractivity contribution in [2.24, 2.45) is 5.73 Å². The van der Waals surface area contributed by atoms with Crippen LogP contribution in [0.5, 0.6) is 5.75 Å². The monoisotopic (exact) mass is 237 g/mol. The van der Waals surface area contributed by atoms with E-state index in [1.807, 2.05) is 24.3 Å². The van der Waals surface area contributed by atoms with Crippen LogP contribution in [-0.2, 0) is 6.61 Å². The minimum Gasteiger partial charge on any atom is -0.490 e. The molecular formula is C14H23NO2. The average Bonchev–Trinajstić information content (AvgIpc) is 2.37. The Bertz CT molecular complexity index is 298. The first-order valence-electron chi connectivity index (χ1n) is 6.36. The van der Waals surface area contributed by atoms with E-state index < -0.39 is 0 Å². The number of nitrogens with two attached hydrogens (primary N) is 1. The Morgan fingerprint density at radius 2 is 1.94 bits per heavy atom. The van der Waals surface area contributed by atoms with Crippen LogP contribution >= 0.6 is 0 Å². The smallest absolute Gasteiger partial charge is 0.119 e. The second-order valence-electron chi connectivity index (χ2n) is 4.26. The molecule has 1 unspecified atom stereocenters. The van der Waals surface area contributed by atoms with Crippen molar-refractivity contribution >= 4 is 0 Å². The summed E-state index contributed by atoms with van der Waals surface area (Å²) in [6.45, 7) is 2.90. The van der Waals surface area contributed by atoms with E-state index >= 15 is 0 Å². The summed E-state index contributed by atoms with van der Waals surface area (Å²) in [4.78, 5) is 0. The van der Waals surface area contributed by atoms with Crippen molar-refractivity contribution in [3.8, 4) is 5.75 Å². The fourth-order valence-electron chi connectivity index (χ4n) is 1.75. The van der Waals surface area contributed by atoms with E-state index in [9.17, 15) is 0 Å². The maximum Gasteiger partial charge on any atom is 0.119 e. The molecular weight excluding hydrogens is 214 g/mol. The zero-order chi connectivity index (χ0) is 12.5. The molecule has 0 bridgehead atoms. The first-order valence-corrected chi connectivity index (χ1v) is 6.36. The highest BCUT2D eigenvalue weighted by molar-refractivity contribution is 5.27. The number of aliphatic hydroxyl groups is 1. The predicted octanol–water partition coefficient (Wildman–Crippen LogP) is 2.47. The summed E-state index contributed by atoms with van der Waals surface area (Å²) in [5, 5.41) is 8.95. The second-order valence-corrected chi connectivity index (χ2v) is 4.26. The van der Waals surface area contributed by atoms with Gasteiger partial charge in [0, 0.05) is 0 Å². The minimum absolute atomic E-state index is 0.0718. The number of hydrogen-bond acceptors (Lipinski definition) is 3. The Balaban J connectivity index is 2.51. The van der Waals surface area contributed by atoms with Gasteiger partial charge < -0.3 is 15.6 Å². The molecule has 17 heavy (non-hydrogen) atoms. The fraction of sp³-hybridized carbons (Fsp3) is 0.571. The molecule has 0 aliphatic rings. The molecule has 1 aromatic rings. The van der Waals surface area contributed by atoms with E-state index in [0.717, 1.165) is 24.2 Å². The Morgan fingerprint density at radius 3 is 2.47 bits per heavy atom. The molecule has 0 spiro atoms. The molecule has 3 N–H and O–H groups in total. The number of ether oxygens (including phenoxy) is 1. The quantitative estimate of drug-likeness (QED) is 0.730. The van der Waals surface area contributed by atoms with Gasteiger partial charge in [0.15, 0.2) is 0 Å². The molecule has 0 amide bonds. The zero-order valence-electron chi connectivity index (χ0n) is 10.6. The molecule has 0 saturated heterocycles.